The van der Waals surface area contributed by atoms with Gasteiger partial charge in [-0.1, -0.05) is 18.0 Å². The summed E-state index contributed by atoms with van der Waals surface area (Å²) in [5.41, 5.74) is 6.26. The van der Waals surface area contributed by atoms with Crippen molar-refractivity contribution in [3.8, 4) is 5.75 Å². The number of likely N-dealkylation sites (tertiary alicyclic amines) is 1. The summed E-state index contributed by atoms with van der Waals surface area (Å²) < 4.78 is 5.42. The van der Waals surface area contributed by atoms with Crippen LogP contribution in [0.3, 0.4) is 0 Å². The van der Waals surface area contributed by atoms with Gasteiger partial charge in [0.2, 0.25) is 17.7 Å². The SMILES string of the molecule is COc1cc(Cl)cc2[nH]c(C(=O)N3C[C@@H]4CCC[C@@H]4[C@H]3C(=O)NC(C[C@@H]3CC(C)(C)NC3=O)C(N)=O)cc12. The number of carbonyl (C=O) groups is 4. The predicted molar refractivity (Wildman–Crippen MR) is 142 cm³/mol. The topological polar surface area (TPSA) is 147 Å². The van der Waals surface area contributed by atoms with Crippen LogP contribution in [0.15, 0.2) is 18.2 Å². The van der Waals surface area contributed by atoms with E-state index < -0.39 is 29.8 Å². The Hall–Kier alpha value is -3.27. The molecule has 1 aliphatic carbocycles. The Morgan fingerprint density at radius 3 is 2.68 bits per heavy atom. The van der Waals surface area contributed by atoms with Crippen molar-refractivity contribution in [3.05, 3.63) is 28.9 Å². The van der Waals surface area contributed by atoms with Crippen molar-refractivity contribution in [2.45, 2.75) is 63.6 Å². The number of rotatable bonds is 7. The number of ether oxygens (including phenoxy) is 1. The number of benzene rings is 1. The maximum absolute atomic E-state index is 13.8. The number of primary amides is 1. The molecule has 204 valence electrons. The van der Waals surface area contributed by atoms with Crippen LogP contribution in [0.1, 0.15) is 56.4 Å². The number of nitrogens with one attached hydrogen (secondary N) is 3. The molecule has 4 amide bonds. The van der Waals surface area contributed by atoms with Crippen LogP contribution in [-0.2, 0) is 14.4 Å². The summed E-state index contributed by atoms with van der Waals surface area (Å²) in [4.78, 5) is 56.9. The molecule has 0 radical (unpaired) electrons. The average molecular weight is 544 g/mol. The second-order valence-electron chi connectivity index (χ2n) is 11.5. The molecule has 2 saturated heterocycles. The van der Waals surface area contributed by atoms with Crippen LogP contribution in [-0.4, -0.2) is 64.8 Å². The molecule has 0 spiro atoms. The Kier molecular flexibility index (Phi) is 6.79. The van der Waals surface area contributed by atoms with Gasteiger partial charge in [0.1, 0.15) is 23.5 Å². The number of hydrogen-bond donors (Lipinski definition) is 4. The quantitative estimate of drug-likeness (QED) is 0.423. The molecule has 3 fully saturated rings. The molecular weight excluding hydrogens is 510 g/mol. The van der Waals surface area contributed by atoms with E-state index in [1.165, 1.54) is 7.11 Å². The first-order valence-electron chi connectivity index (χ1n) is 13.1. The fourth-order valence-corrected chi connectivity index (χ4v) is 6.84. The summed E-state index contributed by atoms with van der Waals surface area (Å²) >= 11 is 6.20. The zero-order valence-electron chi connectivity index (χ0n) is 21.8. The van der Waals surface area contributed by atoms with Crippen molar-refractivity contribution in [1.82, 2.24) is 20.5 Å². The third-order valence-electron chi connectivity index (χ3n) is 8.30. The van der Waals surface area contributed by atoms with Gasteiger partial charge in [0.15, 0.2) is 0 Å². The second kappa shape index (κ2) is 9.80. The first kappa shape index (κ1) is 26.3. The summed E-state index contributed by atoms with van der Waals surface area (Å²) in [5.74, 6) is -1.26. The van der Waals surface area contributed by atoms with E-state index in [9.17, 15) is 19.2 Å². The molecule has 5 atom stereocenters. The van der Waals surface area contributed by atoms with Crippen LogP contribution in [0.2, 0.25) is 5.02 Å². The Balaban J connectivity index is 1.38. The summed E-state index contributed by atoms with van der Waals surface area (Å²) in [6, 6.07) is 3.37. The fraction of sp³-hybridized carbons (Fsp3) is 0.556. The highest BCUT2D eigenvalue weighted by Crippen LogP contribution is 2.43. The van der Waals surface area contributed by atoms with Crippen LogP contribution in [0, 0.1) is 17.8 Å². The van der Waals surface area contributed by atoms with Crippen molar-refractivity contribution in [3.63, 3.8) is 0 Å². The summed E-state index contributed by atoms with van der Waals surface area (Å²) in [7, 11) is 1.53. The molecule has 38 heavy (non-hydrogen) atoms. The molecule has 10 nitrogen and oxygen atoms in total. The Morgan fingerprint density at radius 1 is 1.26 bits per heavy atom. The molecule has 11 heteroatoms. The molecule has 5 N–H and O–H groups in total. The molecule has 1 unspecified atom stereocenters. The Labute approximate surface area is 226 Å². The zero-order chi connectivity index (χ0) is 27.4. The van der Waals surface area contributed by atoms with Gasteiger partial charge in [-0.25, -0.2) is 0 Å². The number of nitrogens with zero attached hydrogens (tertiary/aromatic N) is 1. The number of amides is 4. The first-order chi connectivity index (χ1) is 18.0. The van der Waals surface area contributed by atoms with Crippen LogP contribution in [0.4, 0.5) is 0 Å². The van der Waals surface area contributed by atoms with E-state index >= 15 is 0 Å². The minimum atomic E-state index is -1.01. The number of halogens is 1. The predicted octanol–water partition coefficient (Wildman–Crippen LogP) is 2.35. The number of H-pyrrole nitrogens is 1. The van der Waals surface area contributed by atoms with Gasteiger partial charge in [0.05, 0.1) is 12.6 Å². The van der Waals surface area contributed by atoms with Gasteiger partial charge in [0.25, 0.3) is 5.91 Å². The molecule has 1 aromatic carbocycles. The third-order valence-corrected chi connectivity index (χ3v) is 8.52. The molecule has 2 aromatic rings. The van der Waals surface area contributed by atoms with E-state index in [1.54, 1.807) is 23.1 Å². The van der Waals surface area contributed by atoms with E-state index in [0.717, 1.165) is 19.3 Å². The van der Waals surface area contributed by atoms with E-state index in [1.807, 2.05) is 13.8 Å². The number of carbonyl (C=O) groups excluding carboxylic acids is 4. The van der Waals surface area contributed by atoms with Crippen molar-refractivity contribution in [2.24, 2.45) is 23.5 Å². The number of aromatic nitrogens is 1. The molecule has 3 heterocycles. The van der Waals surface area contributed by atoms with E-state index in [-0.39, 0.29) is 35.6 Å². The van der Waals surface area contributed by atoms with Crippen LogP contribution in [0.25, 0.3) is 10.9 Å². The number of fused-ring (bicyclic) bond motifs is 2. The van der Waals surface area contributed by atoms with Gasteiger partial charge in [-0.05, 0) is 69.6 Å². The Bertz CT molecular complexity index is 1310. The largest absolute Gasteiger partial charge is 0.496 e. The zero-order valence-corrected chi connectivity index (χ0v) is 22.6. The van der Waals surface area contributed by atoms with Crippen LogP contribution >= 0.6 is 11.6 Å². The standard InChI is InChI=1S/C27H34ClN5O5/c1-27(2)11-14(24(35)32-27)7-19(23(29)34)31-25(36)22-16-6-4-5-13(16)12-33(22)26(37)20-10-17-18(30-20)8-15(28)9-21(17)38-3/h8-10,13-14,16,19,22,30H,4-7,11-12H2,1-3H3,(H2,29,34)(H,31,36)(H,32,35)/t13-,14+,16-,19?,22-/m0/s1. The molecule has 5 rings (SSSR count). The lowest BCUT2D eigenvalue weighted by Crippen LogP contribution is -2.54. The van der Waals surface area contributed by atoms with Crippen LogP contribution in [0.5, 0.6) is 5.75 Å². The number of aromatic amines is 1. The van der Waals surface area contributed by atoms with E-state index in [2.05, 4.69) is 15.6 Å². The number of hydrogen-bond acceptors (Lipinski definition) is 5. The fourth-order valence-electron chi connectivity index (χ4n) is 6.63. The monoisotopic (exact) mass is 543 g/mol. The highest BCUT2D eigenvalue weighted by Gasteiger charge is 2.50. The normalized spacial score (nSPS) is 26.7. The van der Waals surface area contributed by atoms with Crippen molar-refractivity contribution in [1.29, 1.82) is 0 Å². The average Bonchev–Trinajstić information content (AvgIpc) is 3.59. The summed E-state index contributed by atoms with van der Waals surface area (Å²) in [6.07, 6.45) is 3.40. The smallest absolute Gasteiger partial charge is 0.271 e. The van der Waals surface area contributed by atoms with E-state index in [0.29, 0.717) is 40.3 Å². The van der Waals surface area contributed by atoms with Gasteiger partial charge in [-0.15, -0.1) is 0 Å². The maximum Gasteiger partial charge on any atom is 0.271 e. The number of nitrogens with two attached hydrogens (primary N) is 1. The minimum absolute atomic E-state index is 0.00505. The Morgan fingerprint density at radius 2 is 2.03 bits per heavy atom. The van der Waals surface area contributed by atoms with Crippen molar-refractivity contribution in [2.75, 3.05) is 13.7 Å². The van der Waals surface area contributed by atoms with E-state index in [4.69, 9.17) is 22.1 Å². The number of methoxy groups -OCH3 is 1. The van der Waals surface area contributed by atoms with Crippen molar-refractivity contribution < 1.29 is 23.9 Å². The maximum atomic E-state index is 13.8. The first-order valence-corrected chi connectivity index (χ1v) is 13.4. The minimum Gasteiger partial charge on any atom is -0.496 e. The molecule has 3 aliphatic rings. The van der Waals surface area contributed by atoms with Crippen LogP contribution < -0.4 is 21.1 Å². The van der Waals surface area contributed by atoms with Crippen molar-refractivity contribution >= 4 is 46.1 Å². The molecule has 2 aliphatic heterocycles. The lowest BCUT2D eigenvalue weighted by Gasteiger charge is -2.28. The van der Waals surface area contributed by atoms with Gasteiger partial charge >= 0.3 is 0 Å². The molecular formula is C27H34ClN5O5. The third kappa shape index (κ3) is 4.81. The second-order valence-corrected chi connectivity index (χ2v) is 11.9. The molecule has 1 saturated carbocycles. The van der Waals surface area contributed by atoms with Gasteiger partial charge in [-0.3, -0.25) is 19.2 Å². The summed E-state index contributed by atoms with van der Waals surface area (Å²) in [5, 5.41) is 6.90. The van der Waals surface area contributed by atoms with Gasteiger partial charge < -0.3 is 31.0 Å². The van der Waals surface area contributed by atoms with Gasteiger partial charge in [-0.2, -0.15) is 0 Å². The molecule has 1 aromatic heterocycles. The highest BCUT2D eigenvalue weighted by molar-refractivity contribution is 6.31. The van der Waals surface area contributed by atoms with Gasteiger partial charge in [0, 0.05) is 28.4 Å². The lowest BCUT2D eigenvalue weighted by atomic mass is 9.90. The highest BCUT2D eigenvalue weighted by atomic mass is 35.5. The molecule has 0 bridgehead atoms. The lowest BCUT2D eigenvalue weighted by molar-refractivity contribution is -0.131. The summed E-state index contributed by atoms with van der Waals surface area (Å²) in [6.45, 7) is 4.28.